The molecule has 0 saturated heterocycles. The minimum Gasteiger partial charge on any atom is -0.378 e. The van der Waals surface area contributed by atoms with Crippen LogP contribution in [0.1, 0.15) is 41.4 Å². The fourth-order valence-corrected chi connectivity index (χ4v) is 2.53. The minimum absolute atomic E-state index is 0.00676. The molecule has 2 heterocycles. The van der Waals surface area contributed by atoms with E-state index in [2.05, 4.69) is 34.5 Å². The van der Waals surface area contributed by atoms with Gasteiger partial charge in [0.05, 0.1) is 11.4 Å². The van der Waals surface area contributed by atoms with Crippen molar-refractivity contribution in [3.8, 4) is 0 Å². The van der Waals surface area contributed by atoms with E-state index in [1.54, 1.807) is 29.8 Å². The third kappa shape index (κ3) is 3.60. The van der Waals surface area contributed by atoms with Gasteiger partial charge in [-0.05, 0) is 29.7 Å². The van der Waals surface area contributed by atoms with Crippen molar-refractivity contribution in [2.75, 3.05) is 19.4 Å². The van der Waals surface area contributed by atoms with Crippen LogP contribution >= 0.6 is 0 Å². The van der Waals surface area contributed by atoms with E-state index in [0.717, 1.165) is 16.9 Å². The van der Waals surface area contributed by atoms with Gasteiger partial charge in [0.25, 0.3) is 5.91 Å². The first kappa shape index (κ1) is 16.9. The number of carbonyl (C=O) groups is 1. The zero-order valence-corrected chi connectivity index (χ0v) is 14.9. The zero-order chi connectivity index (χ0) is 18.0. The van der Waals surface area contributed by atoms with Gasteiger partial charge >= 0.3 is 0 Å². The van der Waals surface area contributed by atoms with Crippen LogP contribution in [0.2, 0.25) is 0 Å². The molecular formula is C18H22N6O. The Hall–Kier alpha value is -2.96. The maximum atomic E-state index is 12.1. The second-order valence-corrected chi connectivity index (χ2v) is 6.49. The molecule has 7 nitrogen and oxygen atoms in total. The molecule has 0 atom stereocenters. The van der Waals surface area contributed by atoms with Gasteiger partial charge in [0.1, 0.15) is 6.33 Å². The van der Waals surface area contributed by atoms with Crippen molar-refractivity contribution in [2.24, 2.45) is 0 Å². The van der Waals surface area contributed by atoms with Crippen LogP contribution in [0, 0.1) is 0 Å². The monoisotopic (exact) mass is 338 g/mol. The fraction of sp³-hybridized carbons (Fsp3) is 0.333. The molecule has 0 bridgehead atoms. The normalized spacial score (nSPS) is 11.1. The van der Waals surface area contributed by atoms with Crippen LogP contribution in [0.4, 0.5) is 5.69 Å². The highest BCUT2D eigenvalue weighted by Gasteiger charge is 2.11. The number of benzene rings is 1. The summed E-state index contributed by atoms with van der Waals surface area (Å²) in [6.07, 6.45) is 1.60. The van der Waals surface area contributed by atoms with Crippen LogP contribution in [0.25, 0.3) is 5.65 Å². The van der Waals surface area contributed by atoms with Gasteiger partial charge in [-0.25, -0.2) is 0 Å². The highest BCUT2D eigenvalue weighted by atomic mass is 16.2. The lowest BCUT2D eigenvalue weighted by Gasteiger charge is -2.13. The summed E-state index contributed by atoms with van der Waals surface area (Å²) in [5.74, 6) is 0.293. The molecule has 1 aromatic carbocycles. The Bertz CT molecular complexity index is 899. The molecule has 130 valence electrons. The Kier molecular flexibility index (Phi) is 4.65. The first-order valence-electron chi connectivity index (χ1n) is 8.21. The van der Waals surface area contributed by atoms with E-state index in [9.17, 15) is 4.79 Å². The summed E-state index contributed by atoms with van der Waals surface area (Å²) in [4.78, 5) is 13.7. The van der Waals surface area contributed by atoms with Gasteiger partial charge < -0.3 is 10.2 Å². The number of hydrogen-bond acceptors (Lipinski definition) is 5. The van der Waals surface area contributed by atoms with Gasteiger partial charge in [0, 0.05) is 26.2 Å². The van der Waals surface area contributed by atoms with Gasteiger partial charge in [0.15, 0.2) is 0 Å². The van der Waals surface area contributed by atoms with Gasteiger partial charge in [-0.1, -0.05) is 26.0 Å². The van der Waals surface area contributed by atoms with Gasteiger partial charge in [-0.15, -0.1) is 10.2 Å². The third-order valence-electron chi connectivity index (χ3n) is 3.94. The van der Waals surface area contributed by atoms with E-state index in [0.29, 0.717) is 23.7 Å². The molecule has 7 heteroatoms. The fourth-order valence-electron chi connectivity index (χ4n) is 2.53. The molecule has 3 aromatic rings. The Morgan fingerprint density at radius 3 is 2.80 bits per heavy atom. The number of nitrogens with zero attached hydrogens (tertiary/aromatic N) is 5. The molecule has 0 aliphatic rings. The maximum absolute atomic E-state index is 12.1. The Morgan fingerprint density at radius 2 is 2.08 bits per heavy atom. The highest BCUT2D eigenvalue weighted by Crippen LogP contribution is 2.21. The first-order chi connectivity index (χ1) is 12.0. The summed E-state index contributed by atoms with van der Waals surface area (Å²) in [6, 6.07) is 9.62. The standard InChI is InChI=1S/C18H22N6O/c1-12(2)15-9-16(17-21-20-11-24(17)22-15)19-10-13-6-5-7-14(8-13)18(25)23(3)4/h5-9,11-12,19H,10H2,1-4H3. The number of nitrogens with one attached hydrogen (secondary N) is 1. The summed E-state index contributed by atoms with van der Waals surface area (Å²) in [7, 11) is 3.50. The molecule has 3 rings (SSSR count). The molecule has 1 N–H and O–H groups in total. The highest BCUT2D eigenvalue weighted by molar-refractivity contribution is 5.94. The van der Waals surface area contributed by atoms with Crippen molar-refractivity contribution in [1.29, 1.82) is 0 Å². The van der Waals surface area contributed by atoms with Crippen LogP contribution in [0.5, 0.6) is 0 Å². The number of hydrogen-bond donors (Lipinski definition) is 1. The molecule has 0 unspecified atom stereocenters. The van der Waals surface area contributed by atoms with Gasteiger partial charge in [-0.2, -0.15) is 9.61 Å². The van der Waals surface area contributed by atoms with Crippen LogP contribution in [0.3, 0.4) is 0 Å². The predicted octanol–water partition coefficient (Wildman–Crippen LogP) is 2.56. The second-order valence-electron chi connectivity index (χ2n) is 6.49. The maximum Gasteiger partial charge on any atom is 0.253 e. The molecule has 25 heavy (non-hydrogen) atoms. The van der Waals surface area contributed by atoms with Crippen molar-refractivity contribution in [3.05, 3.63) is 53.5 Å². The molecule has 0 radical (unpaired) electrons. The van der Waals surface area contributed by atoms with E-state index >= 15 is 0 Å². The minimum atomic E-state index is -0.00676. The number of amides is 1. The molecule has 0 saturated carbocycles. The third-order valence-corrected chi connectivity index (χ3v) is 3.94. The van der Waals surface area contributed by atoms with Crippen LogP contribution in [-0.2, 0) is 6.54 Å². The summed E-state index contributed by atoms with van der Waals surface area (Å²) in [5.41, 5.74) is 4.22. The molecule has 0 spiro atoms. The van der Waals surface area contributed by atoms with E-state index in [-0.39, 0.29) is 5.91 Å². The van der Waals surface area contributed by atoms with E-state index < -0.39 is 0 Å². The van der Waals surface area contributed by atoms with Crippen LogP contribution < -0.4 is 5.32 Å². The largest absolute Gasteiger partial charge is 0.378 e. The van der Waals surface area contributed by atoms with Crippen molar-refractivity contribution in [1.82, 2.24) is 24.7 Å². The molecular weight excluding hydrogens is 316 g/mol. The predicted molar refractivity (Wildman–Crippen MR) is 96.7 cm³/mol. The van der Waals surface area contributed by atoms with Crippen LogP contribution in [-0.4, -0.2) is 44.7 Å². The summed E-state index contributed by atoms with van der Waals surface area (Å²) in [5, 5.41) is 16.0. The number of carbonyl (C=O) groups excluding carboxylic acids is 1. The number of fused-ring (bicyclic) bond motifs is 1. The number of anilines is 1. The Labute approximate surface area is 146 Å². The lowest BCUT2D eigenvalue weighted by Crippen LogP contribution is -2.21. The lowest BCUT2D eigenvalue weighted by atomic mass is 10.1. The van der Waals surface area contributed by atoms with Gasteiger partial charge in [0.2, 0.25) is 5.65 Å². The molecule has 1 amide bonds. The quantitative estimate of drug-likeness (QED) is 0.774. The smallest absolute Gasteiger partial charge is 0.253 e. The van der Waals surface area contributed by atoms with E-state index in [1.165, 1.54) is 0 Å². The first-order valence-corrected chi connectivity index (χ1v) is 8.21. The number of rotatable bonds is 5. The number of aromatic nitrogens is 4. The molecule has 2 aromatic heterocycles. The Morgan fingerprint density at radius 1 is 1.28 bits per heavy atom. The van der Waals surface area contributed by atoms with Crippen LogP contribution in [0.15, 0.2) is 36.7 Å². The van der Waals surface area contributed by atoms with Crippen molar-refractivity contribution in [3.63, 3.8) is 0 Å². The zero-order valence-electron chi connectivity index (χ0n) is 14.9. The average molecular weight is 338 g/mol. The van der Waals surface area contributed by atoms with E-state index in [1.807, 2.05) is 30.3 Å². The summed E-state index contributed by atoms with van der Waals surface area (Å²) in [6.45, 7) is 4.77. The topological polar surface area (TPSA) is 75.4 Å². The SMILES string of the molecule is CC(C)c1cc(NCc2cccc(C(=O)N(C)C)c2)c2nncn2n1. The summed E-state index contributed by atoms with van der Waals surface area (Å²) < 4.78 is 1.68. The lowest BCUT2D eigenvalue weighted by molar-refractivity contribution is 0.0827. The Balaban J connectivity index is 1.84. The molecule has 0 aliphatic heterocycles. The van der Waals surface area contributed by atoms with Crippen molar-refractivity contribution < 1.29 is 4.79 Å². The summed E-state index contributed by atoms with van der Waals surface area (Å²) >= 11 is 0. The van der Waals surface area contributed by atoms with Gasteiger partial charge in [-0.3, -0.25) is 4.79 Å². The average Bonchev–Trinajstić information content (AvgIpc) is 3.07. The second kappa shape index (κ2) is 6.88. The molecule has 0 fully saturated rings. The van der Waals surface area contributed by atoms with Crippen molar-refractivity contribution >= 4 is 17.2 Å². The van der Waals surface area contributed by atoms with Crippen molar-refractivity contribution in [2.45, 2.75) is 26.3 Å². The van der Waals surface area contributed by atoms with E-state index in [4.69, 9.17) is 0 Å². The molecule has 0 aliphatic carbocycles.